The van der Waals surface area contributed by atoms with E-state index in [4.69, 9.17) is 9.47 Å². The van der Waals surface area contributed by atoms with Crippen LogP contribution < -0.4 is 0 Å². The number of hydrogen-bond acceptors (Lipinski definition) is 3. The lowest BCUT2D eigenvalue weighted by atomic mass is 9.75. The maximum absolute atomic E-state index is 11.2. The Kier molecular flexibility index (Phi) is 5.05. The molecule has 4 nitrogen and oxygen atoms in total. The lowest BCUT2D eigenvalue weighted by Gasteiger charge is -2.32. The molecule has 0 spiro atoms. The van der Waals surface area contributed by atoms with Crippen LogP contribution in [0, 0.1) is 5.41 Å². The zero-order valence-electron chi connectivity index (χ0n) is 9.33. The van der Waals surface area contributed by atoms with Gasteiger partial charge in [-0.25, -0.2) is 0 Å². The molecule has 0 radical (unpaired) electrons. The van der Waals surface area contributed by atoms with E-state index in [1.807, 2.05) is 0 Å². The fourth-order valence-corrected chi connectivity index (χ4v) is 2.06. The molecule has 0 heterocycles. The molecule has 0 aromatic heterocycles. The fraction of sp³-hybridized carbons (Fsp3) is 0.909. The average Bonchev–Trinajstić information content (AvgIpc) is 2.26. The molecule has 88 valence electrons. The number of methoxy groups -OCH3 is 1. The van der Waals surface area contributed by atoms with Crippen molar-refractivity contribution in [1.29, 1.82) is 0 Å². The van der Waals surface area contributed by atoms with Crippen LogP contribution in [0.4, 0.5) is 0 Å². The van der Waals surface area contributed by atoms with Gasteiger partial charge in [0.05, 0.1) is 25.2 Å². The number of rotatable bonds is 6. The first kappa shape index (κ1) is 12.5. The van der Waals surface area contributed by atoms with Crippen molar-refractivity contribution in [3.8, 4) is 0 Å². The smallest absolute Gasteiger partial charge is 0.311 e. The van der Waals surface area contributed by atoms with Gasteiger partial charge in [-0.1, -0.05) is 19.3 Å². The summed E-state index contributed by atoms with van der Waals surface area (Å²) < 4.78 is 10.2. The summed E-state index contributed by atoms with van der Waals surface area (Å²) >= 11 is 0. The van der Waals surface area contributed by atoms with Gasteiger partial charge < -0.3 is 14.6 Å². The Morgan fingerprint density at radius 1 is 1.27 bits per heavy atom. The molecule has 0 bridgehead atoms. The molecule has 1 saturated carbocycles. The Bertz CT molecular complexity index is 197. The highest BCUT2D eigenvalue weighted by Gasteiger charge is 2.39. The van der Waals surface area contributed by atoms with Crippen LogP contribution in [-0.2, 0) is 14.3 Å². The number of carboxylic acids is 1. The third-order valence-electron chi connectivity index (χ3n) is 3.07. The number of carbonyl (C=O) groups is 1. The molecule has 0 unspecified atom stereocenters. The Balaban J connectivity index is 2.39. The molecule has 0 saturated heterocycles. The largest absolute Gasteiger partial charge is 0.481 e. The Labute approximate surface area is 90.6 Å². The lowest BCUT2D eigenvalue weighted by molar-refractivity contribution is -0.156. The van der Waals surface area contributed by atoms with Gasteiger partial charge in [0, 0.05) is 7.11 Å². The predicted molar refractivity (Wildman–Crippen MR) is 55.8 cm³/mol. The van der Waals surface area contributed by atoms with Crippen molar-refractivity contribution in [2.75, 3.05) is 26.9 Å². The van der Waals surface area contributed by atoms with Crippen LogP contribution in [0.5, 0.6) is 0 Å². The van der Waals surface area contributed by atoms with Crippen LogP contribution in [0.1, 0.15) is 32.1 Å². The Hall–Kier alpha value is -0.610. The second-order valence-corrected chi connectivity index (χ2v) is 4.19. The highest BCUT2D eigenvalue weighted by atomic mass is 16.5. The van der Waals surface area contributed by atoms with Crippen molar-refractivity contribution in [2.24, 2.45) is 5.41 Å². The molecule has 1 N–H and O–H groups in total. The molecule has 0 aromatic carbocycles. The summed E-state index contributed by atoms with van der Waals surface area (Å²) in [6.07, 6.45) is 4.64. The molecule has 4 heteroatoms. The van der Waals surface area contributed by atoms with Crippen molar-refractivity contribution >= 4 is 5.97 Å². The van der Waals surface area contributed by atoms with Gasteiger partial charge in [0.25, 0.3) is 0 Å². The van der Waals surface area contributed by atoms with Gasteiger partial charge in [-0.2, -0.15) is 0 Å². The molecule has 0 aromatic rings. The zero-order chi connectivity index (χ0) is 11.1. The van der Waals surface area contributed by atoms with E-state index in [1.165, 1.54) is 0 Å². The van der Waals surface area contributed by atoms with E-state index < -0.39 is 11.4 Å². The van der Waals surface area contributed by atoms with Crippen molar-refractivity contribution in [3.05, 3.63) is 0 Å². The molecule has 0 amide bonds. The monoisotopic (exact) mass is 216 g/mol. The van der Waals surface area contributed by atoms with Crippen molar-refractivity contribution in [3.63, 3.8) is 0 Å². The van der Waals surface area contributed by atoms with E-state index in [0.29, 0.717) is 19.8 Å². The molecule has 1 aliphatic rings. The van der Waals surface area contributed by atoms with E-state index in [0.717, 1.165) is 32.1 Å². The minimum absolute atomic E-state index is 0.325. The second-order valence-electron chi connectivity index (χ2n) is 4.19. The van der Waals surface area contributed by atoms with E-state index >= 15 is 0 Å². The molecule has 1 rings (SSSR count). The van der Waals surface area contributed by atoms with Gasteiger partial charge in [0.15, 0.2) is 0 Å². The standard InChI is InChI=1S/C11H20O4/c1-14-7-8-15-9-11(10(12)13)5-3-2-4-6-11/h2-9H2,1H3,(H,12,13). The maximum atomic E-state index is 11.2. The van der Waals surface area contributed by atoms with Crippen LogP contribution in [-0.4, -0.2) is 38.0 Å². The number of aliphatic carboxylic acids is 1. The van der Waals surface area contributed by atoms with Gasteiger partial charge in [-0.05, 0) is 12.8 Å². The van der Waals surface area contributed by atoms with Crippen LogP contribution in [0.3, 0.4) is 0 Å². The first-order valence-electron chi connectivity index (χ1n) is 5.51. The highest BCUT2D eigenvalue weighted by molar-refractivity contribution is 5.74. The second kappa shape index (κ2) is 6.08. The van der Waals surface area contributed by atoms with Crippen molar-refractivity contribution < 1.29 is 19.4 Å². The molecular weight excluding hydrogens is 196 g/mol. The lowest BCUT2D eigenvalue weighted by Crippen LogP contribution is -2.38. The van der Waals surface area contributed by atoms with Crippen LogP contribution in [0.15, 0.2) is 0 Å². The summed E-state index contributed by atoms with van der Waals surface area (Å²) in [6, 6.07) is 0. The van der Waals surface area contributed by atoms with Crippen LogP contribution >= 0.6 is 0 Å². The number of carboxylic acid groups (broad SMARTS) is 1. The maximum Gasteiger partial charge on any atom is 0.311 e. The third kappa shape index (κ3) is 3.47. The highest BCUT2D eigenvalue weighted by Crippen LogP contribution is 2.36. The topological polar surface area (TPSA) is 55.8 Å². The molecule has 15 heavy (non-hydrogen) atoms. The average molecular weight is 216 g/mol. The molecular formula is C11H20O4. The van der Waals surface area contributed by atoms with E-state index in [9.17, 15) is 9.90 Å². The zero-order valence-corrected chi connectivity index (χ0v) is 9.33. The van der Waals surface area contributed by atoms with Gasteiger partial charge >= 0.3 is 5.97 Å². The van der Waals surface area contributed by atoms with E-state index in [1.54, 1.807) is 7.11 Å². The van der Waals surface area contributed by atoms with Gasteiger partial charge in [0.1, 0.15) is 0 Å². The van der Waals surface area contributed by atoms with Gasteiger partial charge in [0.2, 0.25) is 0 Å². The molecule has 1 fully saturated rings. The third-order valence-corrected chi connectivity index (χ3v) is 3.07. The van der Waals surface area contributed by atoms with Crippen molar-refractivity contribution in [1.82, 2.24) is 0 Å². The van der Waals surface area contributed by atoms with Gasteiger partial charge in [-0.15, -0.1) is 0 Å². The summed E-state index contributed by atoms with van der Waals surface area (Å²) in [4.78, 5) is 11.2. The van der Waals surface area contributed by atoms with Crippen LogP contribution in [0.25, 0.3) is 0 Å². The SMILES string of the molecule is COCCOCC1(C(=O)O)CCCCC1. The summed E-state index contributed by atoms with van der Waals surface area (Å²) in [5.74, 6) is -0.709. The normalized spacial score (nSPS) is 20.1. The summed E-state index contributed by atoms with van der Waals surface area (Å²) in [5.41, 5.74) is -0.633. The number of ether oxygens (including phenoxy) is 2. The van der Waals surface area contributed by atoms with Crippen molar-refractivity contribution in [2.45, 2.75) is 32.1 Å². The van der Waals surface area contributed by atoms with E-state index in [-0.39, 0.29) is 0 Å². The summed E-state index contributed by atoms with van der Waals surface area (Å²) in [7, 11) is 1.61. The summed E-state index contributed by atoms with van der Waals surface area (Å²) in [6.45, 7) is 1.33. The quantitative estimate of drug-likeness (QED) is 0.686. The van der Waals surface area contributed by atoms with E-state index in [2.05, 4.69) is 0 Å². The minimum Gasteiger partial charge on any atom is -0.481 e. The first-order chi connectivity index (χ1) is 7.21. The Morgan fingerprint density at radius 3 is 2.47 bits per heavy atom. The summed E-state index contributed by atoms with van der Waals surface area (Å²) in [5, 5.41) is 9.23. The first-order valence-corrected chi connectivity index (χ1v) is 5.51. The Morgan fingerprint density at radius 2 is 1.93 bits per heavy atom. The minimum atomic E-state index is -0.709. The molecule has 0 aliphatic heterocycles. The molecule has 0 atom stereocenters. The van der Waals surface area contributed by atoms with Crippen LogP contribution in [0.2, 0.25) is 0 Å². The predicted octanol–water partition coefficient (Wildman–Crippen LogP) is 1.68. The fourth-order valence-electron chi connectivity index (χ4n) is 2.06. The number of hydrogen-bond donors (Lipinski definition) is 1. The molecule has 1 aliphatic carbocycles. The van der Waals surface area contributed by atoms with Gasteiger partial charge in [-0.3, -0.25) is 4.79 Å².